The Bertz CT molecular complexity index is 1810. The van der Waals surface area contributed by atoms with Gasteiger partial charge in [0.15, 0.2) is 5.58 Å². The molecule has 2 heterocycles. The first-order valence-electron chi connectivity index (χ1n) is 19.4. The summed E-state index contributed by atoms with van der Waals surface area (Å²) >= 11 is 0. The van der Waals surface area contributed by atoms with Crippen molar-refractivity contribution in [2.45, 2.75) is 117 Å². The second kappa shape index (κ2) is 17.5. The van der Waals surface area contributed by atoms with Crippen LogP contribution in [-0.2, 0) is 25.7 Å². The van der Waals surface area contributed by atoms with E-state index in [1.807, 2.05) is 24.3 Å². The van der Waals surface area contributed by atoms with Gasteiger partial charge in [0.2, 0.25) is 5.89 Å². The fourth-order valence-corrected chi connectivity index (χ4v) is 7.34. The SMILES string of the molecule is CCCCc1cccc(CCCC)c1C=CC1=NN(c2ccc(-c3nc4ccccc4o3)cc2)C(c2c(CCCC)cccc2CCCC)C1. The Morgan fingerprint density at radius 1 is 0.640 bits per heavy atom. The van der Waals surface area contributed by atoms with Crippen molar-refractivity contribution in [2.75, 3.05) is 5.01 Å². The average Bonchev–Trinajstić information content (AvgIpc) is 3.79. The number of allylic oxidation sites excluding steroid dienone is 1. The normalized spacial score (nSPS) is 14.7. The number of benzene rings is 4. The zero-order valence-corrected chi connectivity index (χ0v) is 30.8. The van der Waals surface area contributed by atoms with Crippen LogP contribution in [0.3, 0.4) is 0 Å². The van der Waals surface area contributed by atoms with Gasteiger partial charge in [-0.2, -0.15) is 5.10 Å². The Kier molecular flexibility index (Phi) is 12.4. The van der Waals surface area contributed by atoms with E-state index in [1.165, 1.54) is 84.7 Å². The molecule has 0 aliphatic carbocycles. The molecule has 0 saturated heterocycles. The van der Waals surface area contributed by atoms with E-state index in [0.29, 0.717) is 5.89 Å². The standard InChI is InChI=1S/C46H55N3O/c1-5-9-17-34-21-15-22-35(18-10-6-2)41(34)32-29-39-33-43(45-36(19-11-7-3)23-16-24-37(45)20-12-8-4)49(48-39)40-30-27-38(28-31-40)46-47-42-25-13-14-26-44(42)50-46/h13-16,21-32,43H,5-12,17-20,33H2,1-4H3. The number of para-hydroxylation sites is 2. The molecular weight excluding hydrogens is 611 g/mol. The molecule has 4 aromatic carbocycles. The number of unbranched alkanes of at least 4 members (excludes halogenated alkanes) is 4. The molecule has 0 bridgehead atoms. The van der Waals surface area contributed by atoms with Gasteiger partial charge in [0.1, 0.15) is 5.52 Å². The highest BCUT2D eigenvalue weighted by Crippen LogP contribution is 2.40. The lowest BCUT2D eigenvalue weighted by Crippen LogP contribution is -2.21. The summed E-state index contributed by atoms with van der Waals surface area (Å²) in [6.45, 7) is 9.15. The molecule has 50 heavy (non-hydrogen) atoms. The molecule has 0 fully saturated rings. The fourth-order valence-electron chi connectivity index (χ4n) is 7.34. The molecule has 5 aromatic rings. The molecule has 4 nitrogen and oxygen atoms in total. The first-order valence-corrected chi connectivity index (χ1v) is 19.4. The summed E-state index contributed by atoms with van der Waals surface area (Å²) in [5, 5.41) is 7.72. The third-order valence-electron chi connectivity index (χ3n) is 10.2. The van der Waals surface area contributed by atoms with E-state index in [4.69, 9.17) is 14.5 Å². The van der Waals surface area contributed by atoms with Crippen LogP contribution in [0.5, 0.6) is 0 Å². The van der Waals surface area contributed by atoms with Crippen LogP contribution in [0.1, 0.15) is 125 Å². The third kappa shape index (κ3) is 8.29. The number of hydrogen-bond donors (Lipinski definition) is 0. The summed E-state index contributed by atoms with van der Waals surface area (Å²) in [5.41, 5.74) is 13.7. The number of hydrogen-bond acceptors (Lipinski definition) is 4. The Morgan fingerprint density at radius 2 is 1.20 bits per heavy atom. The fraction of sp³-hybridized carbons (Fsp3) is 0.391. The van der Waals surface area contributed by atoms with Crippen molar-refractivity contribution in [3.05, 3.63) is 124 Å². The second-order valence-electron chi connectivity index (χ2n) is 13.9. The van der Waals surface area contributed by atoms with Gasteiger partial charge in [-0.3, -0.25) is 5.01 Å². The van der Waals surface area contributed by atoms with Crippen LogP contribution in [0.15, 0.2) is 101 Å². The highest BCUT2D eigenvalue weighted by molar-refractivity contribution is 6.01. The summed E-state index contributed by atoms with van der Waals surface area (Å²) in [5.74, 6) is 0.648. The molecule has 1 unspecified atom stereocenters. The van der Waals surface area contributed by atoms with Crippen molar-refractivity contribution in [2.24, 2.45) is 5.10 Å². The minimum atomic E-state index is 0.139. The van der Waals surface area contributed by atoms with Crippen LogP contribution >= 0.6 is 0 Å². The number of nitrogens with zero attached hydrogens (tertiary/aromatic N) is 3. The van der Waals surface area contributed by atoms with Crippen LogP contribution in [-0.4, -0.2) is 10.7 Å². The van der Waals surface area contributed by atoms with Crippen LogP contribution in [0.25, 0.3) is 28.6 Å². The van der Waals surface area contributed by atoms with Crippen molar-refractivity contribution in [3.8, 4) is 11.5 Å². The summed E-state index contributed by atoms with van der Waals surface area (Å²) in [6, 6.07) is 30.7. The van der Waals surface area contributed by atoms with E-state index in [1.54, 1.807) is 0 Å². The van der Waals surface area contributed by atoms with E-state index >= 15 is 0 Å². The topological polar surface area (TPSA) is 41.6 Å². The monoisotopic (exact) mass is 665 g/mol. The van der Waals surface area contributed by atoms with Crippen LogP contribution in [0.2, 0.25) is 0 Å². The molecule has 4 heteroatoms. The van der Waals surface area contributed by atoms with Crippen molar-refractivity contribution in [1.82, 2.24) is 4.98 Å². The molecular formula is C46H55N3O. The first-order chi connectivity index (χ1) is 24.6. The van der Waals surface area contributed by atoms with E-state index < -0.39 is 0 Å². The van der Waals surface area contributed by atoms with Gasteiger partial charge in [-0.1, -0.05) is 108 Å². The maximum absolute atomic E-state index is 6.11. The number of fused-ring (bicyclic) bond motifs is 1. The molecule has 1 aromatic heterocycles. The second-order valence-corrected chi connectivity index (χ2v) is 13.9. The third-order valence-corrected chi connectivity index (χ3v) is 10.2. The van der Waals surface area contributed by atoms with E-state index in [2.05, 4.69) is 106 Å². The molecule has 0 spiro atoms. The number of anilines is 1. The van der Waals surface area contributed by atoms with Crippen molar-refractivity contribution in [3.63, 3.8) is 0 Å². The first kappa shape index (κ1) is 35.4. The molecule has 6 rings (SSSR count). The van der Waals surface area contributed by atoms with Gasteiger partial charge in [-0.05, 0) is 127 Å². The maximum Gasteiger partial charge on any atom is 0.227 e. The lowest BCUT2D eigenvalue weighted by atomic mass is 9.87. The maximum atomic E-state index is 6.11. The van der Waals surface area contributed by atoms with Gasteiger partial charge in [-0.15, -0.1) is 0 Å². The van der Waals surface area contributed by atoms with Crippen LogP contribution in [0, 0.1) is 0 Å². The summed E-state index contributed by atoms with van der Waals surface area (Å²) < 4.78 is 6.11. The molecule has 0 N–H and O–H groups in total. The number of rotatable bonds is 17. The molecule has 0 radical (unpaired) electrons. The number of aromatic nitrogens is 1. The van der Waals surface area contributed by atoms with Gasteiger partial charge in [-0.25, -0.2) is 4.98 Å². The quantitative estimate of drug-likeness (QED) is 0.0992. The molecule has 1 aliphatic heterocycles. The number of oxazole rings is 1. The van der Waals surface area contributed by atoms with Gasteiger partial charge >= 0.3 is 0 Å². The highest BCUT2D eigenvalue weighted by atomic mass is 16.3. The van der Waals surface area contributed by atoms with Crippen molar-refractivity contribution < 1.29 is 4.42 Å². The average molecular weight is 666 g/mol. The lowest BCUT2D eigenvalue weighted by molar-refractivity contribution is 0.620. The molecule has 1 aliphatic rings. The lowest BCUT2D eigenvalue weighted by Gasteiger charge is -2.28. The van der Waals surface area contributed by atoms with Gasteiger partial charge < -0.3 is 4.42 Å². The Labute approximate surface area is 300 Å². The van der Waals surface area contributed by atoms with Crippen LogP contribution in [0.4, 0.5) is 5.69 Å². The zero-order valence-electron chi connectivity index (χ0n) is 30.8. The minimum absolute atomic E-state index is 0.139. The smallest absolute Gasteiger partial charge is 0.227 e. The molecule has 0 saturated carbocycles. The van der Waals surface area contributed by atoms with E-state index in [9.17, 15) is 0 Å². The predicted molar refractivity (Wildman–Crippen MR) is 213 cm³/mol. The Morgan fingerprint density at radius 3 is 1.78 bits per heavy atom. The number of aryl methyl sites for hydroxylation is 4. The van der Waals surface area contributed by atoms with Gasteiger partial charge in [0, 0.05) is 12.0 Å². The van der Waals surface area contributed by atoms with E-state index in [0.717, 1.165) is 60.2 Å². The Hall–Kier alpha value is -4.44. The molecule has 1 atom stereocenters. The predicted octanol–water partition coefficient (Wildman–Crippen LogP) is 12.9. The highest BCUT2D eigenvalue weighted by Gasteiger charge is 2.32. The molecule has 0 amide bonds. The largest absolute Gasteiger partial charge is 0.436 e. The zero-order chi connectivity index (χ0) is 34.7. The summed E-state index contributed by atoms with van der Waals surface area (Å²) in [4.78, 5) is 4.75. The number of hydrazone groups is 1. The summed E-state index contributed by atoms with van der Waals surface area (Å²) in [7, 11) is 0. The summed E-state index contributed by atoms with van der Waals surface area (Å²) in [6.07, 6.45) is 19.6. The van der Waals surface area contributed by atoms with E-state index in [-0.39, 0.29) is 6.04 Å². The minimum Gasteiger partial charge on any atom is -0.436 e. The Balaban J connectivity index is 1.40. The van der Waals surface area contributed by atoms with Crippen LogP contribution < -0.4 is 5.01 Å². The van der Waals surface area contributed by atoms with Crippen molar-refractivity contribution in [1.29, 1.82) is 0 Å². The molecule has 260 valence electrons. The van der Waals surface area contributed by atoms with Gasteiger partial charge in [0.25, 0.3) is 0 Å². The van der Waals surface area contributed by atoms with Crippen molar-refractivity contribution >= 4 is 28.6 Å². The van der Waals surface area contributed by atoms with Gasteiger partial charge in [0.05, 0.1) is 17.4 Å².